The average Bonchev–Trinajstić information content (AvgIpc) is 4.05. The summed E-state index contributed by atoms with van der Waals surface area (Å²) in [6, 6.07) is 30.3. The van der Waals surface area contributed by atoms with E-state index in [4.69, 9.17) is 9.47 Å². The molecule has 366 valence electrons. The lowest BCUT2D eigenvalue weighted by Crippen LogP contribution is -2.57. The van der Waals surface area contributed by atoms with Crippen molar-refractivity contribution >= 4 is 47.2 Å². The number of aliphatic hydroxyl groups is 1. The Kier molecular flexibility index (Phi) is 18.3. The first kappa shape index (κ1) is 51.1. The van der Waals surface area contributed by atoms with Gasteiger partial charge < -0.3 is 46.1 Å². The van der Waals surface area contributed by atoms with E-state index in [0.717, 1.165) is 16.7 Å². The fourth-order valence-electron chi connectivity index (χ4n) is 8.27. The minimum Gasteiger partial charge on any atom is -0.484 e. The van der Waals surface area contributed by atoms with Crippen molar-refractivity contribution in [3.05, 3.63) is 132 Å². The maximum Gasteiger partial charge on any atom is 0.410 e. The molecule has 4 aromatic carbocycles. The topological polar surface area (TPSA) is 225 Å². The van der Waals surface area contributed by atoms with Crippen molar-refractivity contribution in [3.8, 4) is 5.75 Å². The fourth-order valence-corrected chi connectivity index (χ4v) is 8.27. The highest BCUT2D eigenvalue weighted by Gasteiger charge is 2.41. The van der Waals surface area contributed by atoms with Gasteiger partial charge in [0.25, 0.3) is 11.8 Å². The van der Waals surface area contributed by atoms with Crippen molar-refractivity contribution in [2.24, 2.45) is 0 Å². The van der Waals surface area contributed by atoms with Crippen molar-refractivity contribution in [3.63, 3.8) is 0 Å². The van der Waals surface area contributed by atoms with Crippen LogP contribution in [0.3, 0.4) is 0 Å². The highest BCUT2D eigenvalue weighted by molar-refractivity contribution is 5.94. The first-order chi connectivity index (χ1) is 33.1. The molecule has 2 aliphatic heterocycles. The van der Waals surface area contributed by atoms with E-state index in [2.05, 4.69) is 26.6 Å². The van der Waals surface area contributed by atoms with Crippen molar-refractivity contribution in [1.29, 1.82) is 0 Å². The molecule has 0 unspecified atom stereocenters. The lowest BCUT2D eigenvalue weighted by atomic mass is 9.99. The van der Waals surface area contributed by atoms with Crippen molar-refractivity contribution in [1.82, 2.24) is 31.1 Å². The van der Waals surface area contributed by atoms with Crippen LogP contribution in [0.2, 0.25) is 0 Å². The zero-order valence-electron chi connectivity index (χ0n) is 39.4. The molecular formula is C52H63N7O10. The molecular weight excluding hydrogens is 883 g/mol. The smallest absolute Gasteiger partial charge is 0.410 e. The van der Waals surface area contributed by atoms with Gasteiger partial charge in [0, 0.05) is 43.7 Å². The standard InChI is InChI=1S/C52H63N7O10/c1-52(2,3)57-49(65)43-22-13-29-58(43)50(66)46(62)40(31-35-15-7-4-8-16-35)55-45(61)34-68-39-25-23-38(24-26-39)54-44(60)27-28-53-47(63)41(32-36-17-9-5-10-18-36)56-48(64)42-21-14-30-59(42)51(67)69-33-37-19-11-6-12-20-37/h4-12,15-20,23-26,40-43,46,62H,13-14,21-22,27-34H2,1-3H3,(H,53,63)(H,54,60)(H,55,61)(H,56,64)(H,57,65)/t40-,41+,42-,43-,46-/m0/s1. The Balaban J connectivity index is 0.971. The largest absolute Gasteiger partial charge is 0.484 e. The van der Waals surface area contributed by atoms with Crippen molar-refractivity contribution in [2.45, 2.75) is 108 Å². The maximum atomic E-state index is 13.7. The van der Waals surface area contributed by atoms with Crippen molar-refractivity contribution in [2.75, 3.05) is 31.6 Å². The molecule has 0 radical (unpaired) electrons. The minimum absolute atomic E-state index is 0.0276. The molecule has 0 aliphatic carbocycles. The van der Waals surface area contributed by atoms with Crippen LogP contribution in [0, 0.1) is 0 Å². The van der Waals surface area contributed by atoms with Gasteiger partial charge in [0.1, 0.15) is 30.5 Å². The third-order valence-electron chi connectivity index (χ3n) is 11.7. The maximum absolute atomic E-state index is 13.7. The summed E-state index contributed by atoms with van der Waals surface area (Å²) < 4.78 is 11.2. The summed E-state index contributed by atoms with van der Waals surface area (Å²) in [5, 5.41) is 25.4. The van der Waals surface area contributed by atoms with E-state index in [0.29, 0.717) is 50.2 Å². The zero-order chi connectivity index (χ0) is 49.3. The summed E-state index contributed by atoms with van der Waals surface area (Å²) in [5.74, 6) is -2.57. The van der Waals surface area contributed by atoms with E-state index in [-0.39, 0.29) is 38.3 Å². The van der Waals surface area contributed by atoms with Gasteiger partial charge in [0.05, 0.1) is 6.04 Å². The van der Waals surface area contributed by atoms with Crippen LogP contribution in [-0.2, 0) is 53.0 Å². The molecule has 0 bridgehead atoms. The second-order valence-corrected chi connectivity index (χ2v) is 18.3. The highest BCUT2D eigenvalue weighted by atomic mass is 16.6. The zero-order valence-corrected chi connectivity index (χ0v) is 39.4. The van der Waals surface area contributed by atoms with Crippen LogP contribution in [0.15, 0.2) is 115 Å². The second kappa shape index (κ2) is 24.7. The Hall–Kier alpha value is -7.27. The first-order valence-corrected chi connectivity index (χ1v) is 23.4. The van der Waals surface area contributed by atoms with E-state index >= 15 is 0 Å². The molecule has 7 amide bonds. The Morgan fingerprint density at radius 1 is 0.681 bits per heavy atom. The molecule has 2 fully saturated rings. The summed E-state index contributed by atoms with van der Waals surface area (Å²) in [6.07, 6.45) is 0.0772. The van der Waals surface area contributed by atoms with Crippen LogP contribution in [0.25, 0.3) is 0 Å². The van der Waals surface area contributed by atoms with Gasteiger partial charge in [-0.1, -0.05) is 91.0 Å². The van der Waals surface area contributed by atoms with Crippen LogP contribution in [-0.4, -0.2) is 118 Å². The number of amides is 7. The van der Waals surface area contributed by atoms with Gasteiger partial charge in [0.15, 0.2) is 12.7 Å². The van der Waals surface area contributed by atoms with Crippen LogP contribution in [0.1, 0.15) is 69.6 Å². The molecule has 2 saturated heterocycles. The summed E-state index contributed by atoms with van der Waals surface area (Å²) in [7, 11) is 0. The highest BCUT2D eigenvalue weighted by Crippen LogP contribution is 2.23. The molecule has 17 nitrogen and oxygen atoms in total. The minimum atomic E-state index is -1.64. The monoisotopic (exact) mass is 945 g/mol. The molecule has 0 saturated carbocycles. The third kappa shape index (κ3) is 15.6. The molecule has 2 heterocycles. The number of hydrogen-bond acceptors (Lipinski definition) is 10. The predicted molar refractivity (Wildman–Crippen MR) is 257 cm³/mol. The Morgan fingerprint density at radius 3 is 1.86 bits per heavy atom. The molecule has 6 N–H and O–H groups in total. The lowest BCUT2D eigenvalue weighted by Gasteiger charge is -2.32. The number of carbonyl (C=O) groups is 7. The Bertz CT molecular complexity index is 2360. The third-order valence-corrected chi connectivity index (χ3v) is 11.7. The van der Waals surface area contributed by atoms with Crippen LogP contribution >= 0.6 is 0 Å². The number of carbonyl (C=O) groups excluding carboxylic acids is 7. The van der Waals surface area contributed by atoms with Gasteiger partial charge in [-0.2, -0.15) is 0 Å². The molecule has 17 heteroatoms. The molecule has 0 spiro atoms. The first-order valence-electron chi connectivity index (χ1n) is 23.4. The van der Waals surface area contributed by atoms with Crippen LogP contribution in [0.5, 0.6) is 5.75 Å². The SMILES string of the molecule is CC(C)(C)NC(=O)[C@@H]1CCCN1C(=O)[C@@H](O)[C@H](Cc1ccccc1)NC(=O)COc1ccc(NC(=O)CCNC(=O)[C@@H](Cc2ccccc2)NC(=O)[C@@H]2CCCN2C(=O)OCc2ccccc2)cc1. The predicted octanol–water partition coefficient (Wildman–Crippen LogP) is 4.03. The van der Waals surface area contributed by atoms with E-state index in [9.17, 15) is 38.7 Å². The van der Waals surface area contributed by atoms with Gasteiger partial charge in [-0.05, 0) is 93.8 Å². The average molecular weight is 946 g/mol. The van der Waals surface area contributed by atoms with Gasteiger partial charge in [0.2, 0.25) is 23.6 Å². The van der Waals surface area contributed by atoms with Gasteiger partial charge >= 0.3 is 6.09 Å². The number of rotatable bonds is 20. The number of nitrogens with one attached hydrogen (secondary N) is 5. The molecule has 6 rings (SSSR count). The van der Waals surface area contributed by atoms with E-state index < -0.39 is 78.0 Å². The molecule has 69 heavy (non-hydrogen) atoms. The van der Waals surface area contributed by atoms with Gasteiger partial charge in [-0.3, -0.25) is 33.7 Å². The lowest BCUT2D eigenvalue weighted by molar-refractivity contribution is -0.147. The van der Waals surface area contributed by atoms with Crippen LogP contribution < -0.4 is 31.3 Å². The summed E-state index contributed by atoms with van der Waals surface area (Å²) in [6.45, 7) is 5.80. The Morgan fingerprint density at radius 2 is 1.25 bits per heavy atom. The number of ether oxygens (including phenoxy) is 2. The molecule has 5 atom stereocenters. The summed E-state index contributed by atoms with van der Waals surface area (Å²) in [4.78, 5) is 95.9. The number of anilines is 1. The molecule has 2 aliphatic rings. The quantitative estimate of drug-likeness (QED) is 0.0746. The normalized spacial score (nSPS) is 16.9. The second-order valence-electron chi connectivity index (χ2n) is 18.3. The molecule has 4 aromatic rings. The number of benzene rings is 4. The number of nitrogens with zero attached hydrogens (tertiary/aromatic N) is 2. The summed E-state index contributed by atoms with van der Waals surface area (Å²) in [5.41, 5.74) is 2.33. The number of hydrogen-bond donors (Lipinski definition) is 6. The number of likely N-dealkylation sites (tertiary alicyclic amines) is 2. The molecule has 0 aromatic heterocycles. The summed E-state index contributed by atoms with van der Waals surface area (Å²) >= 11 is 0. The van der Waals surface area contributed by atoms with Gasteiger partial charge in [-0.25, -0.2) is 4.79 Å². The van der Waals surface area contributed by atoms with Crippen molar-refractivity contribution < 1.29 is 48.1 Å². The number of aliphatic hydroxyl groups excluding tert-OH is 1. The Labute approximate surface area is 402 Å². The van der Waals surface area contributed by atoms with Crippen LogP contribution in [0.4, 0.5) is 10.5 Å². The van der Waals surface area contributed by atoms with E-state index in [1.54, 1.807) is 24.3 Å². The fraction of sp³-hybridized carbons (Fsp3) is 0.404. The van der Waals surface area contributed by atoms with E-state index in [1.165, 1.54) is 9.80 Å². The van der Waals surface area contributed by atoms with Gasteiger partial charge in [-0.15, -0.1) is 0 Å². The van der Waals surface area contributed by atoms with E-state index in [1.807, 2.05) is 112 Å².